The van der Waals surface area contributed by atoms with Crippen LogP contribution in [0.4, 0.5) is 0 Å². The predicted molar refractivity (Wildman–Crippen MR) is 191 cm³/mol. The van der Waals surface area contributed by atoms with Gasteiger partial charge in [-0.1, -0.05) is 170 Å². The molecule has 0 saturated carbocycles. The van der Waals surface area contributed by atoms with Crippen LogP contribution in [0, 0.1) is 0 Å². The highest BCUT2D eigenvalue weighted by Crippen LogP contribution is 2.56. The number of hydrogen-bond acceptors (Lipinski definition) is 1. The van der Waals surface area contributed by atoms with Crippen molar-refractivity contribution in [3.8, 4) is 33.8 Å². The second kappa shape index (κ2) is 10.6. The van der Waals surface area contributed by atoms with Crippen molar-refractivity contribution >= 4 is 21.5 Å². The number of ether oxygens (including phenoxy) is 1. The maximum absolute atomic E-state index is 6.80. The maximum Gasteiger partial charge on any atom is 0.132 e. The molecule has 0 bridgehead atoms. The van der Waals surface area contributed by atoms with E-state index in [4.69, 9.17) is 4.74 Å². The van der Waals surface area contributed by atoms with E-state index in [0.717, 1.165) is 28.2 Å². The van der Waals surface area contributed by atoms with E-state index in [1.54, 1.807) is 0 Å². The first-order chi connectivity index (χ1) is 22.8. The molecule has 1 heterocycles. The summed E-state index contributed by atoms with van der Waals surface area (Å²) in [7, 11) is 0. The molecule has 46 heavy (non-hydrogen) atoms. The number of fused-ring (bicyclic) bond motifs is 5. The Morgan fingerprint density at radius 3 is 1.76 bits per heavy atom. The summed E-state index contributed by atoms with van der Waals surface area (Å²) < 4.78 is 6.80. The molecule has 1 aliphatic heterocycles. The summed E-state index contributed by atoms with van der Waals surface area (Å²) in [5.41, 5.74) is 8.94. The van der Waals surface area contributed by atoms with E-state index < -0.39 is 5.41 Å². The molecular formula is C45H30O. The van der Waals surface area contributed by atoms with Crippen molar-refractivity contribution in [3.05, 3.63) is 204 Å². The van der Waals surface area contributed by atoms with Crippen LogP contribution in [0.1, 0.15) is 22.3 Å². The first-order valence-electron chi connectivity index (χ1n) is 15.9. The van der Waals surface area contributed by atoms with E-state index in [0.29, 0.717) is 0 Å². The summed E-state index contributed by atoms with van der Waals surface area (Å²) in [5.74, 6) is 1.76. The number of para-hydroxylation sites is 1. The quantitative estimate of drug-likeness (QED) is 0.186. The average molecular weight is 587 g/mol. The molecule has 0 radical (unpaired) electrons. The molecule has 216 valence electrons. The Bertz CT molecular complexity index is 2350. The van der Waals surface area contributed by atoms with Gasteiger partial charge in [-0.3, -0.25) is 0 Å². The Hall–Kier alpha value is -5.92. The molecule has 9 rings (SSSR count). The SMILES string of the molecule is c1ccc(C2(c3ccccc3)c3ccccc3Oc3cc(-c4ccccc4-c4cccc5c4ccc4ccccc45)ccc32)cc1. The van der Waals surface area contributed by atoms with Gasteiger partial charge in [0.05, 0.1) is 5.41 Å². The fourth-order valence-corrected chi connectivity index (χ4v) is 7.62. The first-order valence-corrected chi connectivity index (χ1v) is 15.9. The van der Waals surface area contributed by atoms with Gasteiger partial charge in [-0.05, 0) is 67.1 Å². The van der Waals surface area contributed by atoms with Gasteiger partial charge < -0.3 is 4.74 Å². The lowest BCUT2D eigenvalue weighted by Crippen LogP contribution is -2.34. The highest BCUT2D eigenvalue weighted by Gasteiger charge is 2.45. The third-order valence-electron chi connectivity index (χ3n) is 9.63. The molecule has 8 aromatic carbocycles. The van der Waals surface area contributed by atoms with Gasteiger partial charge in [0.1, 0.15) is 11.5 Å². The topological polar surface area (TPSA) is 9.23 Å². The molecule has 1 aliphatic rings. The lowest BCUT2D eigenvalue weighted by atomic mass is 9.63. The van der Waals surface area contributed by atoms with Crippen LogP contribution in [0.5, 0.6) is 11.5 Å². The standard InChI is InChI=1S/C45H30O/c1-3-15-33(16-4-1)45(34-17-5-2-6-18-34)41-24-11-12-25-43(41)46-44-30-32(27-29-42(44)45)36-20-9-10-21-37(36)39-23-13-22-38-35-19-8-7-14-31(35)26-28-40(38)39/h1-30H. The first kappa shape index (κ1) is 26.5. The predicted octanol–water partition coefficient (Wildman–Crippen LogP) is 11.8. The van der Waals surface area contributed by atoms with Crippen LogP contribution in [0.15, 0.2) is 182 Å². The number of benzene rings is 8. The van der Waals surface area contributed by atoms with Gasteiger partial charge in [0.2, 0.25) is 0 Å². The fourth-order valence-electron chi connectivity index (χ4n) is 7.62. The van der Waals surface area contributed by atoms with Crippen molar-refractivity contribution in [2.45, 2.75) is 5.41 Å². The van der Waals surface area contributed by atoms with Crippen molar-refractivity contribution in [2.24, 2.45) is 0 Å². The monoisotopic (exact) mass is 586 g/mol. The van der Waals surface area contributed by atoms with Crippen molar-refractivity contribution in [1.82, 2.24) is 0 Å². The summed E-state index contributed by atoms with van der Waals surface area (Å²) in [5, 5.41) is 5.06. The second-order valence-corrected chi connectivity index (χ2v) is 12.0. The van der Waals surface area contributed by atoms with E-state index >= 15 is 0 Å². The molecule has 0 fully saturated rings. The molecule has 0 aromatic heterocycles. The van der Waals surface area contributed by atoms with Gasteiger partial charge in [0.25, 0.3) is 0 Å². The van der Waals surface area contributed by atoms with Gasteiger partial charge in [-0.25, -0.2) is 0 Å². The van der Waals surface area contributed by atoms with Crippen LogP contribution in [0.2, 0.25) is 0 Å². The average Bonchev–Trinajstić information content (AvgIpc) is 3.14. The van der Waals surface area contributed by atoms with Gasteiger partial charge in [-0.15, -0.1) is 0 Å². The van der Waals surface area contributed by atoms with Crippen molar-refractivity contribution in [3.63, 3.8) is 0 Å². The van der Waals surface area contributed by atoms with Crippen LogP contribution in [-0.2, 0) is 5.41 Å². The van der Waals surface area contributed by atoms with Crippen LogP contribution < -0.4 is 4.74 Å². The Balaban J connectivity index is 1.28. The minimum atomic E-state index is -0.526. The van der Waals surface area contributed by atoms with E-state index in [1.165, 1.54) is 49.4 Å². The zero-order valence-corrected chi connectivity index (χ0v) is 25.2. The summed E-state index contributed by atoms with van der Waals surface area (Å²) in [6, 6.07) is 65.5. The Morgan fingerprint density at radius 1 is 0.348 bits per heavy atom. The molecule has 0 atom stereocenters. The van der Waals surface area contributed by atoms with Crippen molar-refractivity contribution in [2.75, 3.05) is 0 Å². The van der Waals surface area contributed by atoms with Crippen LogP contribution >= 0.6 is 0 Å². The molecule has 0 spiro atoms. The fraction of sp³-hybridized carbons (Fsp3) is 0.0222. The molecule has 0 saturated heterocycles. The van der Waals surface area contributed by atoms with Gasteiger partial charge >= 0.3 is 0 Å². The summed E-state index contributed by atoms with van der Waals surface area (Å²) in [4.78, 5) is 0. The smallest absolute Gasteiger partial charge is 0.132 e. The Labute approximate surface area is 269 Å². The molecule has 0 unspecified atom stereocenters. The molecular weight excluding hydrogens is 556 g/mol. The maximum atomic E-state index is 6.80. The molecule has 1 heteroatoms. The Morgan fingerprint density at radius 2 is 0.957 bits per heavy atom. The van der Waals surface area contributed by atoms with Gasteiger partial charge in [-0.2, -0.15) is 0 Å². The highest BCUT2D eigenvalue weighted by atomic mass is 16.5. The van der Waals surface area contributed by atoms with E-state index in [2.05, 4.69) is 182 Å². The zero-order chi connectivity index (χ0) is 30.5. The molecule has 0 aliphatic carbocycles. The largest absolute Gasteiger partial charge is 0.457 e. The molecule has 1 nitrogen and oxygen atoms in total. The van der Waals surface area contributed by atoms with Gasteiger partial charge in [0, 0.05) is 11.1 Å². The van der Waals surface area contributed by atoms with E-state index in [1.807, 2.05) is 0 Å². The summed E-state index contributed by atoms with van der Waals surface area (Å²) in [6.45, 7) is 0. The van der Waals surface area contributed by atoms with Crippen LogP contribution in [0.25, 0.3) is 43.8 Å². The van der Waals surface area contributed by atoms with Crippen molar-refractivity contribution in [1.29, 1.82) is 0 Å². The minimum Gasteiger partial charge on any atom is -0.457 e. The second-order valence-electron chi connectivity index (χ2n) is 12.0. The van der Waals surface area contributed by atoms with Crippen LogP contribution in [-0.4, -0.2) is 0 Å². The van der Waals surface area contributed by atoms with Crippen LogP contribution in [0.3, 0.4) is 0 Å². The van der Waals surface area contributed by atoms with E-state index in [-0.39, 0.29) is 0 Å². The Kier molecular flexibility index (Phi) is 6.11. The lowest BCUT2D eigenvalue weighted by Gasteiger charge is -2.41. The zero-order valence-electron chi connectivity index (χ0n) is 25.2. The molecule has 0 amide bonds. The third-order valence-corrected chi connectivity index (χ3v) is 9.63. The summed E-state index contributed by atoms with van der Waals surface area (Å²) in [6.07, 6.45) is 0. The van der Waals surface area contributed by atoms with Gasteiger partial charge in [0.15, 0.2) is 0 Å². The third kappa shape index (κ3) is 3.95. The van der Waals surface area contributed by atoms with E-state index in [9.17, 15) is 0 Å². The normalized spacial score (nSPS) is 13.1. The molecule has 8 aromatic rings. The number of hydrogen-bond donors (Lipinski definition) is 0. The number of rotatable bonds is 4. The summed E-state index contributed by atoms with van der Waals surface area (Å²) >= 11 is 0. The van der Waals surface area contributed by atoms with Crippen molar-refractivity contribution < 1.29 is 4.74 Å². The minimum absolute atomic E-state index is 0.526. The highest BCUT2D eigenvalue weighted by molar-refractivity contribution is 6.13. The molecule has 0 N–H and O–H groups in total. The lowest BCUT2D eigenvalue weighted by molar-refractivity contribution is 0.435.